The summed E-state index contributed by atoms with van der Waals surface area (Å²) in [5.74, 6) is 9.02. The van der Waals surface area contributed by atoms with E-state index in [1.165, 1.54) is 97.5 Å². The number of hydrogen-bond donors (Lipinski definition) is 1. The van der Waals surface area contributed by atoms with Crippen molar-refractivity contribution < 1.29 is 61.5 Å². The van der Waals surface area contributed by atoms with Gasteiger partial charge in [0.2, 0.25) is 0 Å². The first-order chi connectivity index (χ1) is 66.7. The van der Waals surface area contributed by atoms with E-state index < -0.39 is 72.9 Å². The molecular weight excluding hydrogens is 1860 g/mol. The molecule has 794 valence electrons. The average Bonchev–Trinajstić information content (AvgIpc) is 0.857. The molecule has 5 aromatic carbocycles. The molecule has 6 aromatic rings. The zero-order valence-corrected chi connectivity index (χ0v) is 94.9. The zero-order valence-electron chi connectivity index (χ0n) is 90.8. The van der Waals surface area contributed by atoms with Crippen molar-refractivity contribution >= 4 is 71.5 Å². The number of hydrogen-bond acceptors (Lipinski definition) is 17. The van der Waals surface area contributed by atoms with Crippen molar-refractivity contribution in [3.63, 3.8) is 0 Å². The molecule has 0 spiro atoms. The fourth-order valence-electron chi connectivity index (χ4n) is 20.6. The number of rotatable bonds is 46. The second-order valence-electron chi connectivity index (χ2n) is 45.9. The Labute approximate surface area is 858 Å². The van der Waals surface area contributed by atoms with Crippen LogP contribution < -0.4 is 14.4 Å². The number of aryl methyl sites for hydroxylation is 5. The number of anilines is 1. The number of pyridine rings is 1. The summed E-state index contributed by atoms with van der Waals surface area (Å²) in [6, 6.07) is 44.7. The number of oxime groups is 1. The minimum atomic E-state index is -3.03. The molecule has 5 fully saturated rings. The van der Waals surface area contributed by atoms with Gasteiger partial charge in [-0.2, -0.15) is 0 Å². The lowest BCUT2D eigenvalue weighted by molar-refractivity contribution is 0.0986. The molecule has 0 radical (unpaired) electrons. The zero-order chi connectivity index (χ0) is 103. The van der Waals surface area contributed by atoms with Gasteiger partial charge in [-0.1, -0.05) is 203 Å². The fourth-order valence-corrected chi connectivity index (χ4v) is 29.8. The van der Waals surface area contributed by atoms with E-state index in [9.17, 15) is 42.1 Å². The largest absolute Gasteiger partial charge is 0.494 e. The van der Waals surface area contributed by atoms with Crippen LogP contribution in [0.2, 0.25) is 0 Å². The van der Waals surface area contributed by atoms with Crippen LogP contribution in [0.1, 0.15) is 382 Å². The van der Waals surface area contributed by atoms with Crippen LogP contribution in [0.25, 0.3) is 10.9 Å². The van der Waals surface area contributed by atoms with Crippen LogP contribution in [0, 0.1) is 66.1 Å². The van der Waals surface area contributed by atoms with Crippen molar-refractivity contribution in [2.24, 2.45) is 64.3 Å². The van der Waals surface area contributed by atoms with E-state index in [-0.39, 0.29) is 0 Å². The molecule has 1 aliphatic heterocycles. The second kappa shape index (κ2) is 57.4. The van der Waals surface area contributed by atoms with Gasteiger partial charge in [0.15, 0.2) is 49.2 Å². The highest BCUT2D eigenvalue weighted by molar-refractivity contribution is 7.93. The maximum absolute atomic E-state index is 12.7. The standard InChI is InChI=1S/C25H39NO2S.C25H42O3S.C24H35NO2S.C23H38O4S.C22H35NO3S/c1-4-25(2,3)29(27,28)20-23-12-10-21(11-13-23)8-9-22-14-16-24(17-15-22)26-18-6-5-7-19-26;1-5-7-18-28-24-13-9-12-22(19-24)11-8-10-21-14-16-23(17-15-21)20-29(26,27)25(3,4)6-2;1-5-24(3,4)28(26,27)17-21-11-8-19(9-12-21)7-10-20-13-15-23-22(16-20)14-6-18(2)25-23;1-5-23(3,4)28(24,25)18-20-12-10-19(11-13-20)14-15-26-17-21-8-7-9-22(16-21)27-6-2;1-5-22(3,4)27(25,26)16-20-13-10-18(11-14-20)9-12-19-7-6-8-21(15-19)17(2)23-24/h5-6,14-17,21,23H,4,7-13,18-20H2,1-3H3;9,12-13,19,21,23H,5-8,10-11,14-18,20H2,1-4H3;6,13-16,19,21H,5,7-12,17H2,1-4H3;7-9,16,19-20H,5-6,10-15,17-18H2,1-4H3;6-8,15,18,20,24H,5,9-14,16H2,1-4H3/b;;;;23-17+. The Bertz CT molecular complexity index is 5350. The number of ether oxygens (including phenoxy) is 3. The van der Waals surface area contributed by atoms with Crippen molar-refractivity contribution in [2.75, 3.05) is 66.6 Å². The molecule has 2 heterocycles. The third-order valence-corrected chi connectivity index (χ3v) is 48.2. The van der Waals surface area contributed by atoms with Gasteiger partial charge in [-0.25, -0.2) is 42.1 Å². The summed E-state index contributed by atoms with van der Waals surface area (Å²) in [5.41, 5.74) is 11.6. The van der Waals surface area contributed by atoms with Crippen molar-refractivity contribution in [2.45, 2.75) is 406 Å². The van der Waals surface area contributed by atoms with Gasteiger partial charge in [0.05, 0.1) is 83.5 Å². The Morgan fingerprint density at radius 2 is 0.752 bits per heavy atom. The van der Waals surface area contributed by atoms with Crippen LogP contribution in [0.15, 0.2) is 145 Å². The molecule has 17 nitrogen and oxygen atoms in total. The summed E-state index contributed by atoms with van der Waals surface area (Å²) < 4.78 is 141. The summed E-state index contributed by atoms with van der Waals surface area (Å²) in [6.45, 7) is 41.5. The van der Waals surface area contributed by atoms with Crippen LogP contribution in [0.4, 0.5) is 5.69 Å². The molecular formula is C119H189N3O14S5. The van der Waals surface area contributed by atoms with Gasteiger partial charge in [0, 0.05) is 36.5 Å². The molecule has 0 bridgehead atoms. The summed E-state index contributed by atoms with van der Waals surface area (Å²) in [6.07, 6.45) is 44.9. The highest BCUT2D eigenvalue weighted by atomic mass is 32.2. The number of sulfone groups is 5. The van der Waals surface area contributed by atoms with E-state index in [1.807, 2.05) is 154 Å². The first-order valence-corrected chi connectivity index (χ1v) is 63.2. The first-order valence-electron chi connectivity index (χ1n) is 55.0. The Morgan fingerprint density at radius 3 is 1.16 bits per heavy atom. The highest BCUT2D eigenvalue weighted by Gasteiger charge is 2.41. The first kappa shape index (κ1) is 120. The maximum atomic E-state index is 12.7. The van der Waals surface area contributed by atoms with Crippen LogP contribution >= 0.6 is 0 Å². The van der Waals surface area contributed by atoms with Crippen molar-refractivity contribution in [1.82, 2.24) is 4.98 Å². The van der Waals surface area contributed by atoms with Crippen molar-refractivity contribution in [1.29, 1.82) is 0 Å². The molecule has 0 atom stereocenters. The van der Waals surface area contributed by atoms with Gasteiger partial charge in [-0.05, 0) is 410 Å². The SMILES string of the molecule is CCC(C)(C)S(=O)(=O)CC1CCC(CCc2ccc(N3CC=CCC3)cc2)CC1.CCC(C)(C)S(=O)(=O)CC1CCC(CCc2ccc3nc(C)ccc3c2)CC1.CCC(C)(C)S(=O)(=O)CC1CCC(CCc2cccc(/C(C)=N/O)c2)CC1.CCCCOc1cccc(CCCC2CCC(CS(=O)(=O)C(C)(C)CC)CC2)c1.CCOc1cccc(COCCC2CCC(CS(=O)(=O)C(C)(C)CC)CC2)c1. The van der Waals surface area contributed by atoms with Crippen molar-refractivity contribution in [3.8, 4) is 11.5 Å². The molecule has 141 heavy (non-hydrogen) atoms. The molecule has 1 N–H and O–H groups in total. The minimum absolute atomic E-state index is 0.323. The van der Waals surface area contributed by atoms with Gasteiger partial charge in [0.25, 0.3) is 0 Å². The van der Waals surface area contributed by atoms with E-state index in [2.05, 4.69) is 125 Å². The predicted molar refractivity (Wildman–Crippen MR) is 594 cm³/mol. The molecule has 0 unspecified atom stereocenters. The van der Waals surface area contributed by atoms with Gasteiger partial charge in [-0.3, -0.25) is 4.98 Å². The summed E-state index contributed by atoms with van der Waals surface area (Å²) >= 11 is 0. The lowest BCUT2D eigenvalue weighted by Crippen LogP contribution is -2.36. The van der Waals surface area contributed by atoms with E-state index in [0.717, 1.165) is 226 Å². The maximum Gasteiger partial charge on any atom is 0.155 e. The molecule has 5 aliphatic carbocycles. The third-order valence-electron chi connectivity index (χ3n) is 33.7. The lowest BCUT2D eigenvalue weighted by atomic mass is 9.80. The van der Waals surface area contributed by atoms with E-state index >= 15 is 0 Å². The van der Waals surface area contributed by atoms with Crippen molar-refractivity contribution in [3.05, 3.63) is 179 Å². The smallest absolute Gasteiger partial charge is 0.155 e. The van der Waals surface area contributed by atoms with Crippen LogP contribution in [0.3, 0.4) is 0 Å². The van der Waals surface area contributed by atoms with Gasteiger partial charge in [-0.15, -0.1) is 0 Å². The Kier molecular flexibility index (Phi) is 48.9. The number of benzene rings is 5. The number of fused-ring (bicyclic) bond motifs is 1. The molecule has 0 saturated heterocycles. The number of aromatic nitrogens is 1. The van der Waals surface area contributed by atoms with E-state index in [0.29, 0.717) is 121 Å². The quantitative estimate of drug-likeness (QED) is 0.0123. The molecule has 22 heteroatoms. The van der Waals surface area contributed by atoms with Gasteiger partial charge >= 0.3 is 0 Å². The van der Waals surface area contributed by atoms with E-state index in [4.69, 9.17) is 19.4 Å². The minimum Gasteiger partial charge on any atom is -0.494 e. The molecule has 1 aromatic heterocycles. The van der Waals surface area contributed by atoms with Gasteiger partial charge in [0.1, 0.15) is 11.5 Å². The number of unbranched alkanes of at least 4 members (excludes halogenated alkanes) is 1. The summed E-state index contributed by atoms with van der Waals surface area (Å²) in [5, 5.41) is 13.4. The highest BCUT2D eigenvalue weighted by Crippen LogP contribution is 2.42. The molecule has 0 amide bonds. The monoisotopic (exact) mass is 2040 g/mol. The fraction of sp³-hybridized carbons (Fsp3) is 0.697. The van der Waals surface area contributed by atoms with E-state index in [1.54, 1.807) is 6.92 Å². The number of nitrogens with zero attached hydrogens (tertiary/aromatic N) is 3. The Hall–Kier alpha value is -6.17. The summed E-state index contributed by atoms with van der Waals surface area (Å²) in [4.78, 5) is 7.01. The van der Waals surface area contributed by atoms with Crippen LogP contribution in [0.5, 0.6) is 11.5 Å². The third kappa shape index (κ3) is 38.8. The molecule has 12 rings (SSSR count). The predicted octanol–water partition coefficient (Wildman–Crippen LogP) is 28.9. The van der Waals surface area contributed by atoms with Crippen LogP contribution in [-0.2, 0) is 86.2 Å². The Morgan fingerprint density at radius 1 is 0.383 bits per heavy atom. The van der Waals surface area contributed by atoms with Crippen LogP contribution in [-0.4, -0.2) is 143 Å². The van der Waals surface area contributed by atoms with Gasteiger partial charge < -0.3 is 24.3 Å². The second-order valence-corrected chi connectivity index (χ2v) is 59.3. The summed E-state index contributed by atoms with van der Waals surface area (Å²) in [7, 11) is -15.1. The topological polar surface area (TPSA) is 247 Å². The molecule has 5 saturated carbocycles. The average molecular weight is 2050 g/mol. The Balaban J connectivity index is 0.000000216. The lowest BCUT2D eigenvalue weighted by Gasteiger charge is -2.31. The normalized spacial score (nSPS) is 21.6. The molecule has 6 aliphatic rings.